The van der Waals surface area contributed by atoms with Gasteiger partial charge in [0.25, 0.3) is 6.47 Å². The van der Waals surface area contributed by atoms with Crippen LogP contribution >= 0.6 is 0 Å². The van der Waals surface area contributed by atoms with Crippen molar-refractivity contribution in [1.82, 2.24) is 0 Å². The summed E-state index contributed by atoms with van der Waals surface area (Å²) in [7, 11) is 0. The molecule has 3 nitrogen and oxygen atoms in total. The molecule has 3 heteroatoms. The van der Waals surface area contributed by atoms with E-state index in [2.05, 4.69) is 20.8 Å². The van der Waals surface area contributed by atoms with Crippen LogP contribution in [-0.2, 0) is 4.79 Å². The molecule has 0 aromatic carbocycles. The summed E-state index contributed by atoms with van der Waals surface area (Å²) in [6, 6.07) is 0. The molecule has 0 aliphatic heterocycles. The summed E-state index contributed by atoms with van der Waals surface area (Å²) in [4.78, 5) is 8.36. The molecule has 2 fully saturated rings. The van der Waals surface area contributed by atoms with Crippen LogP contribution in [-0.4, -0.2) is 22.8 Å². The summed E-state index contributed by atoms with van der Waals surface area (Å²) >= 11 is 0. The van der Waals surface area contributed by atoms with E-state index in [1.807, 2.05) is 0 Å². The van der Waals surface area contributed by atoms with Gasteiger partial charge in [-0.2, -0.15) is 0 Å². The summed E-state index contributed by atoms with van der Waals surface area (Å²) in [5, 5.41) is 16.7. The van der Waals surface area contributed by atoms with Crippen molar-refractivity contribution in [3.63, 3.8) is 0 Å². The van der Waals surface area contributed by atoms with Crippen LogP contribution in [0.5, 0.6) is 0 Å². The Balaban J connectivity index is 0.000000293. The molecule has 0 saturated heterocycles. The molecule has 2 bridgehead atoms. The molecule has 0 aromatic heterocycles. The molecule has 0 heterocycles. The van der Waals surface area contributed by atoms with Gasteiger partial charge in [-0.25, -0.2) is 0 Å². The molecule has 2 aliphatic carbocycles. The first kappa shape index (κ1) is 11.5. The summed E-state index contributed by atoms with van der Waals surface area (Å²) in [5.74, 6) is 0.780. The second-order valence-corrected chi connectivity index (χ2v) is 5.23. The number of carboxylic acid groups (broad SMARTS) is 1. The molecule has 2 aliphatic rings. The van der Waals surface area contributed by atoms with Gasteiger partial charge in [0, 0.05) is 0 Å². The molecule has 2 N–H and O–H groups in total. The topological polar surface area (TPSA) is 57.5 Å². The van der Waals surface area contributed by atoms with Crippen LogP contribution in [0.1, 0.15) is 40.0 Å². The first-order chi connectivity index (χ1) is 6.40. The maximum absolute atomic E-state index is 9.81. The molecular weight excluding hydrogens is 180 g/mol. The quantitative estimate of drug-likeness (QED) is 0.587. The molecule has 2 rings (SSSR count). The van der Waals surface area contributed by atoms with Gasteiger partial charge in [0.05, 0.1) is 6.10 Å². The molecule has 14 heavy (non-hydrogen) atoms. The highest BCUT2D eigenvalue weighted by Crippen LogP contribution is 2.65. The van der Waals surface area contributed by atoms with Crippen molar-refractivity contribution in [2.45, 2.75) is 46.1 Å². The molecule has 2 saturated carbocycles. The van der Waals surface area contributed by atoms with Crippen molar-refractivity contribution >= 4 is 6.47 Å². The molecule has 0 spiro atoms. The van der Waals surface area contributed by atoms with E-state index in [9.17, 15) is 5.11 Å². The van der Waals surface area contributed by atoms with Gasteiger partial charge in [-0.15, -0.1) is 0 Å². The van der Waals surface area contributed by atoms with Gasteiger partial charge >= 0.3 is 0 Å². The highest BCUT2D eigenvalue weighted by Gasteiger charge is 2.60. The Morgan fingerprint density at radius 3 is 2.00 bits per heavy atom. The Labute approximate surface area is 85.1 Å². The average Bonchev–Trinajstić information content (AvgIpc) is 2.38. The standard InChI is InChI=1S/C10H18O.CH2O2/c1-9(2)7-4-5-10(9,3)8(11)6-7;2-1-3/h7-8,11H,4-6H2,1-3H3;1H,(H,2,3)/t7-,8+,10-;/m1./s1. The number of hydrogen-bond donors (Lipinski definition) is 2. The van der Waals surface area contributed by atoms with E-state index in [1.54, 1.807) is 0 Å². The van der Waals surface area contributed by atoms with Gasteiger partial charge in [0.15, 0.2) is 0 Å². The van der Waals surface area contributed by atoms with Crippen molar-refractivity contribution in [3.05, 3.63) is 0 Å². The fraction of sp³-hybridized carbons (Fsp3) is 0.909. The second-order valence-electron chi connectivity index (χ2n) is 5.23. The van der Waals surface area contributed by atoms with E-state index >= 15 is 0 Å². The van der Waals surface area contributed by atoms with Crippen LogP contribution in [0.15, 0.2) is 0 Å². The van der Waals surface area contributed by atoms with Crippen LogP contribution in [0.2, 0.25) is 0 Å². The zero-order valence-corrected chi connectivity index (χ0v) is 9.16. The second kappa shape index (κ2) is 3.54. The third-order valence-electron chi connectivity index (χ3n) is 4.75. The van der Waals surface area contributed by atoms with Crippen molar-refractivity contribution < 1.29 is 15.0 Å². The van der Waals surface area contributed by atoms with Crippen molar-refractivity contribution in [1.29, 1.82) is 0 Å². The summed E-state index contributed by atoms with van der Waals surface area (Å²) in [6.45, 7) is 6.65. The maximum atomic E-state index is 9.81. The molecule has 82 valence electrons. The smallest absolute Gasteiger partial charge is 0.290 e. The molecular formula is C11H20O3. The zero-order chi connectivity index (χ0) is 11.0. The Morgan fingerprint density at radius 1 is 1.36 bits per heavy atom. The Morgan fingerprint density at radius 2 is 1.86 bits per heavy atom. The first-order valence-electron chi connectivity index (χ1n) is 5.16. The molecule has 3 atom stereocenters. The normalized spacial score (nSPS) is 42.9. The van der Waals surface area contributed by atoms with Crippen LogP contribution in [0.25, 0.3) is 0 Å². The fourth-order valence-corrected chi connectivity index (χ4v) is 3.16. The Hall–Kier alpha value is -0.570. The van der Waals surface area contributed by atoms with Crippen molar-refractivity contribution in [2.24, 2.45) is 16.7 Å². The molecule has 0 aromatic rings. The van der Waals surface area contributed by atoms with Crippen LogP contribution in [0.3, 0.4) is 0 Å². The van der Waals surface area contributed by atoms with E-state index in [0.29, 0.717) is 5.41 Å². The first-order valence-corrected chi connectivity index (χ1v) is 5.16. The monoisotopic (exact) mass is 200 g/mol. The third-order valence-corrected chi connectivity index (χ3v) is 4.75. The van der Waals surface area contributed by atoms with Gasteiger partial charge in [0.2, 0.25) is 0 Å². The summed E-state index contributed by atoms with van der Waals surface area (Å²) in [5.41, 5.74) is 0.601. The lowest BCUT2D eigenvalue weighted by Crippen LogP contribution is -2.35. The van der Waals surface area contributed by atoms with E-state index in [4.69, 9.17) is 9.90 Å². The lowest BCUT2D eigenvalue weighted by atomic mass is 9.70. The lowest BCUT2D eigenvalue weighted by Gasteiger charge is -2.36. The fourth-order valence-electron chi connectivity index (χ4n) is 3.16. The molecule has 0 radical (unpaired) electrons. The Bertz CT molecular complexity index is 225. The van der Waals surface area contributed by atoms with Crippen LogP contribution < -0.4 is 0 Å². The minimum absolute atomic E-state index is 0.0313. The number of aliphatic hydroxyl groups excluding tert-OH is 1. The van der Waals surface area contributed by atoms with Crippen LogP contribution in [0, 0.1) is 16.7 Å². The lowest BCUT2D eigenvalue weighted by molar-refractivity contribution is -0.122. The number of carbonyl (C=O) groups is 1. The van der Waals surface area contributed by atoms with Crippen LogP contribution in [0.4, 0.5) is 0 Å². The summed E-state index contributed by atoms with van der Waals surface area (Å²) < 4.78 is 0. The Kier molecular flexibility index (Phi) is 2.91. The van der Waals surface area contributed by atoms with Crippen molar-refractivity contribution in [3.8, 4) is 0 Å². The average molecular weight is 200 g/mol. The van der Waals surface area contributed by atoms with E-state index in [1.165, 1.54) is 12.8 Å². The largest absolute Gasteiger partial charge is 0.483 e. The number of aliphatic hydroxyl groups is 1. The number of rotatable bonds is 0. The SMILES string of the molecule is CC1(C)[C@@H]2CC[C@]1(C)[C@@H](O)C2.O=CO. The molecule has 0 amide bonds. The van der Waals surface area contributed by atoms with Gasteiger partial charge < -0.3 is 10.2 Å². The maximum Gasteiger partial charge on any atom is 0.290 e. The number of hydrogen-bond acceptors (Lipinski definition) is 2. The van der Waals surface area contributed by atoms with E-state index in [0.717, 1.165) is 12.3 Å². The summed E-state index contributed by atoms with van der Waals surface area (Å²) in [6.07, 6.45) is 3.58. The predicted octanol–water partition coefficient (Wildman–Crippen LogP) is 1.89. The molecule has 0 unspecified atom stereocenters. The zero-order valence-electron chi connectivity index (χ0n) is 9.16. The van der Waals surface area contributed by atoms with E-state index < -0.39 is 0 Å². The highest BCUT2D eigenvalue weighted by molar-refractivity contribution is 5.32. The van der Waals surface area contributed by atoms with Gasteiger partial charge in [0.1, 0.15) is 0 Å². The van der Waals surface area contributed by atoms with E-state index in [-0.39, 0.29) is 18.0 Å². The number of fused-ring (bicyclic) bond motifs is 2. The minimum atomic E-state index is -0.250. The minimum Gasteiger partial charge on any atom is -0.483 e. The van der Waals surface area contributed by atoms with Gasteiger partial charge in [-0.05, 0) is 36.0 Å². The predicted molar refractivity (Wildman–Crippen MR) is 53.9 cm³/mol. The highest BCUT2D eigenvalue weighted by atomic mass is 16.3. The van der Waals surface area contributed by atoms with Gasteiger partial charge in [-0.1, -0.05) is 20.8 Å². The third kappa shape index (κ3) is 1.34. The van der Waals surface area contributed by atoms with Gasteiger partial charge in [-0.3, -0.25) is 4.79 Å². The van der Waals surface area contributed by atoms with Crippen molar-refractivity contribution in [2.75, 3.05) is 0 Å².